The summed E-state index contributed by atoms with van der Waals surface area (Å²) in [6.45, 7) is 6.51. The van der Waals surface area contributed by atoms with Crippen molar-refractivity contribution in [3.05, 3.63) is 60.8 Å². The first-order valence-corrected chi connectivity index (χ1v) is 33.3. The zero-order valence-electron chi connectivity index (χ0n) is 50.8. The van der Waals surface area contributed by atoms with Crippen LogP contribution >= 0.6 is 0 Å². The molecule has 1 unspecified atom stereocenters. The molecule has 0 radical (unpaired) electrons. The highest BCUT2D eigenvalue weighted by molar-refractivity contribution is 5.71. The molecule has 0 bridgehead atoms. The van der Waals surface area contributed by atoms with Crippen molar-refractivity contribution in [1.29, 1.82) is 0 Å². The number of rotatable bonds is 61. The fourth-order valence-electron chi connectivity index (χ4n) is 9.81. The topological polar surface area (TPSA) is 78.9 Å². The Kier molecular flexibility index (Phi) is 62.2. The van der Waals surface area contributed by atoms with Gasteiger partial charge in [-0.3, -0.25) is 14.4 Å². The first kappa shape index (κ1) is 73.1. The van der Waals surface area contributed by atoms with Gasteiger partial charge in [0, 0.05) is 19.3 Å². The van der Waals surface area contributed by atoms with Gasteiger partial charge >= 0.3 is 17.9 Å². The van der Waals surface area contributed by atoms with Gasteiger partial charge in [-0.2, -0.15) is 0 Å². The SMILES string of the molecule is CC/C=C\C/C=C\C/C=C\C/C=C\CCC(=O)OCC(COC(=O)CCCCCCCCCCCCCCCCCCC/C=C\CCCCCCCCCC)OC(=O)CCCCCCCCCCCCCCCCCC. The van der Waals surface area contributed by atoms with E-state index < -0.39 is 6.10 Å². The first-order valence-electron chi connectivity index (χ1n) is 33.3. The standard InChI is InChI=1S/C70H126O6/c1-4-7-10-13-16-19-22-25-27-29-30-31-32-33-34-35-36-37-38-39-40-41-43-45-48-51-54-57-60-63-69(72)75-66-67(65-74-68(71)62-59-56-53-50-47-44-24-21-18-15-12-9-6-3)76-70(73)64-61-58-55-52-49-46-42-28-26-23-20-17-14-11-8-5-2/h9,12,18,21,29-30,44,47,53,56,67H,4-8,10-11,13-17,19-20,22-28,31-43,45-46,48-52,54-55,57-66H2,1-3H3/b12-9-,21-18-,30-29-,47-44-,56-53-. The molecule has 0 amide bonds. The summed E-state index contributed by atoms with van der Waals surface area (Å²) >= 11 is 0. The molecule has 76 heavy (non-hydrogen) atoms. The molecule has 442 valence electrons. The maximum Gasteiger partial charge on any atom is 0.306 e. The van der Waals surface area contributed by atoms with Crippen molar-refractivity contribution in [3.63, 3.8) is 0 Å². The molecule has 0 heterocycles. The van der Waals surface area contributed by atoms with E-state index in [1.807, 2.05) is 6.08 Å². The summed E-state index contributed by atoms with van der Waals surface area (Å²) in [4.78, 5) is 38.2. The maximum absolute atomic E-state index is 12.9. The number of allylic oxidation sites excluding steroid dienone is 10. The molecule has 1 atom stereocenters. The van der Waals surface area contributed by atoms with Crippen LogP contribution in [0.5, 0.6) is 0 Å². The number of hydrogen-bond donors (Lipinski definition) is 0. The fraction of sp³-hybridized carbons (Fsp3) is 0.814. The molecule has 6 heteroatoms. The zero-order chi connectivity index (χ0) is 55.0. The number of carbonyl (C=O) groups excluding carboxylic acids is 3. The van der Waals surface area contributed by atoms with E-state index in [0.717, 1.165) is 64.2 Å². The van der Waals surface area contributed by atoms with Crippen LogP contribution in [0, 0.1) is 0 Å². The molecule has 0 saturated carbocycles. The van der Waals surface area contributed by atoms with E-state index in [9.17, 15) is 14.4 Å². The van der Waals surface area contributed by atoms with Crippen molar-refractivity contribution in [2.24, 2.45) is 0 Å². The van der Waals surface area contributed by atoms with E-state index in [0.29, 0.717) is 19.3 Å². The average molecular weight is 1060 g/mol. The van der Waals surface area contributed by atoms with Crippen molar-refractivity contribution >= 4 is 17.9 Å². The molecule has 0 aromatic carbocycles. The summed E-state index contributed by atoms with van der Waals surface area (Å²) in [5, 5.41) is 0. The van der Waals surface area contributed by atoms with Crippen molar-refractivity contribution < 1.29 is 28.6 Å². The molecule has 0 rings (SSSR count). The molecule has 0 aromatic rings. The van der Waals surface area contributed by atoms with Gasteiger partial charge in [-0.1, -0.05) is 319 Å². The third-order valence-corrected chi connectivity index (χ3v) is 14.8. The molecule has 0 N–H and O–H groups in total. The van der Waals surface area contributed by atoms with Gasteiger partial charge in [-0.15, -0.1) is 0 Å². The Hall–Kier alpha value is -2.89. The third-order valence-electron chi connectivity index (χ3n) is 14.8. The Morgan fingerprint density at radius 1 is 0.276 bits per heavy atom. The molecular weight excluding hydrogens is 937 g/mol. The molecule has 0 aliphatic carbocycles. The minimum Gasteiger partial charge on any atom is -0.462 e. The highest BCUT2D eigenvalue weighted by Crippen LogP contribution is 2.18. The summed E-state index contributed by atoms with van der Waals surface area (Å²) in [5.41, 5.74) is 0. The van der Waals surface area contributed by atoms with E-state index in [1.165, 1.54) is 238 Å². The van der Waals surface area contributed by atoms with E-state index in [-0.39, 0.29) is 37.5 Å². The van der Waals surface area contributed by atoms with Crippen LogP contribution < -0.4 is 0 Å². The maximum atomic E-state index is 12.9. The Balaban J connectivity index is 4.20. The van der Waals surface area contributed by atoms with Crippen LogP contribution in [0.3, 0.4) is 0 Å². The average Bonchev–Trinajstić information content (AvgIpc) is 3.42. The third kappa shape index (κ3) is 62.0. The largest absolute Gasteiger partial charge is 0.462 e. The molecule has 0 aromatic heterocycles. The number of carbonyl (C=O) groups is 3. The molecule has 0 aliphatic heterocycles. The zero-order valence-corrected chi connectivity index (χ0v) is 50.8. The van der Waals surface area contributed by atoms with Gasteiger partial charge in [0.15, 0.2) is 6.10 Å². The van der Waals surface area contributed by atoms with Gasteiger partial charge in [0.05, 0.1) is 0 Å². The summed E-state index contributed by atoms with van der Waals surface area (Å²) in [6.07, 6.45) is 82.7. The van der Waals surface area contributed by atoms with Crippen LogP contribution in [-0.2, 0) is 28.6 Å². The van der Waals surface area contributed by atoms with Crippen LogP contribution in [0.2, 0.25) is 0 Å². The van der Waals surface area contributed by atoms with E-state index in [4.69, 9.17) is 14.2 Å². The van der Waals surface area contributed by atoms with Gasteiger partial charge in [0.2, 0.25) is 0 Å². The van der Waals surface area contributed by atoms with Crippen LogP contribution in [0.4, 0.5) is 0 Å². The lowest BCUT2D eigenvalue weighted by Crippen LogP contribution is -2.30. The highest BCUT2D eigenvalue weighted by Gasteiger charge is 2.19. The van der Waals surface area contributed by atoms with E-state index in [2.05, 4.69) is 75.5 Å². The van der Waals surface area contributed by atoms with Gasteiger partial charge in [0.25, 0.3) is 0 Å². The summed E-state index contributed by atoms with van der Waals surface area (Å²) < 4.78 is 16.9. The minimum atomic E-state index is -0.800. The first-order chi connectivity index (χ1) is 37.5. The van der Waals surface area contributed by atoms with Crippen LogP contribution in [0.25, 0.3) is 0 Å². The van der Waals surface area contributed by atoms with Gasteiger partial charge in [-0.05, 0) is 70.6 Å². The van der Waals surface area contributed by atoms with Crippen LogP contribution in [0.1, 0.15) is 348 Å². The second-order valence-corrected chi connectivity index (χ2v) is 22.4. The predicted octanol–water partition coefficient (Wildman–Crippen LogP) is 22.7. The van der Waals surface area contributed by atoms with Crippen LogP contribution in [-0.4, -0.2) is 37.2 Å². The normalized spacial score (nSPS) is 12.4. The summed E-state index contributed by atoms with van der Waals surface area (Å²) in [7, 11) is 0. The summed E-state index contributed by atoms with van der Waals surface area (Å²) in [5.74, 6) is -0.957. The Bertz CT molecular complexity index is 1360. The predicted molar refractivity (Wildman–Crippen MR) is 330 cm³/mol. The van der Waals surface area contributed by atoms with Crippen molar-refractivity contribution in [1.82, 2.24) is 0 Å². The molecule has 6 nitrogen and oxygen atoms in total. The lowest BCUT2D eigenvalue weighted by atomic mass is 10.0. The lowest BCUT2D eigenvalue weighted by Gasteiger charge is -2.18. The number of unbranched alkanes of at least 4 members (excludes halogenated alkanes) is 40. The van der Waals surface area contributed by atoms with Crippen LogP contribution in [0.15, 0.2) is 60.8 Å². The summed E-state index contributed by atoms with van der Waals surface area (Å²) in [6, 6.07) is 0. The Labute approximate surface area is 472 Å². The Morgan fingerprint density at radius 2 is 0.539 bits per heavy atom. The van der Waals surface area contributed by atoms with Gasteiger partial charge in [0.1, 0.15) is 13.2 Å². The molecule has 0 saturated heterocycles. The van der Waals surface area contributed by atoms with Gasteiger partial charge in [-0.25, -0.2) is 0 Å². The Morgan fingerprint density at radius 3 is 0.882 bits per heavy atom. The molecule has 0 fully saturated rings. The van der Waals surface area contributed by atoms with Crippen molar-refractivity contribution in [2.45, 2.75) is 354 Å². The van der Waals surface area contributed by atoms with E-state index >= 15 is 0 Å². The quantitative estimate of drug-likeness (QED) is 0.0261. The number of esters is 3. The van der Waals surface area contributed by atoms with Crippen molar-refractivity contribution in [3.8, 4) is 0 Å². The number of hydrogen-bond acceptors (Lipinski definition) is 6. The van der Waals surface area contributed by atoms with Gasteiger partial charge < -0.3 is 14.2 Å². The second kappa shape index (κ2) is 64.6. The smallest absolute Gasteiger partial charge is 0.306 e. The number of ether oxygens (including phenoxy) is 3. The highest BCUT2D eigenvalue weighted by atomic mass is 16.6. The molecule has 0 aliphatic rings. The lowest BCUT2D eigenvalue weighted by molar-refractivity contribution is -0.166. The molecule has 0 spiro atoms. The van der Waals surface area contributed by atoms with Crippen molar-refractivity contribution in [2.75, 3.05) is 13.2 Å². The minimum absolute atomic E-state index is 0.0919. The monoisotopic (exact) mass is 1060 g/mol. The fourth-order valence-corrected chi connectivity index (χ4v) is 9.81. The molecular formula is C70H126O6. The second-order valence-electron chi connectivity index (χ2n) is 22.4. The van der Waals surface area contributed by atoms with E-state index in [1.54, 1.807) is 0 Å².